The predicted molar refractivity (Wildman–Crippen MR) is 92.1 cm³/mol. The molecule has 0 saturated heterocycles. The number of carbonyl (C=O) groups excluding carboxylic acids is 2. The number of para-hydroxylation sites is 1. The third-order valence-electron chi connectivity index (χ3n) is 3.93. The van der Waals surface area contributed by atoms with Crippen LogP contribution < -0.4 is 14.4 Å². The smallest absolute Gasteiger partial charge is 0.337 e. The molecule has 3 rings (SSSR count). The molecule has 25 heavy (non-hydrogen) atoms. The van der Waals surface area contributed by atoms with E-state index in [1.165, 1.54) is 7.11 Å². The lowest BCUT2D eigenvalue weighted by molar-refractivity contribution is -0.120. The molecule has 0 aromatic heterocycles. The predicted octanol–water partition coefficient (Wildman–Crippen LogP) is 2.80. The number of hydrogen-bond donors (Lipinski definition) is 0. The summed E-state index contributed by atoms with van der Waals surface area (Å²) in [4.78, 5) is 25.7. The summed E-state index contributed by atoms with van der Waals surface area (Å²) in [5.41, 5.74) is 1.99. The Kier molecular flexibility index (Phi) is 4.88. The van der Waals surface area contributed by atoms with Crippen LogP contribution in [0.4, 0.5) is 5.69 Å². The highest BCUT2D eigenvalue weighted by atomic mass is 16.5. The van der Waals surface area contributed by atoms with Gasteiger partial charge in [0.05, 0.1) is 25.8 Å². The second-order valence-corrected chi connectivity index (χ2v) is 5.48. The van der Waals surface area contributed by atoms with E-state index in [1.807, 2.05) is 25.1 Å². The average molecular weight is 341 g/mol. The first kappa shape index (κ1) is 16.8. The average Bonchev–Trinajstić information content (AvgIpc) is 2.81. The normalized spacial score (nSPS) is 13.5. The minimum Gasteiger partial charge on any atom is -0.490 e. The van der Waals surface area contributed by atoms with E-state index in [1.54, 1.807) is 29.2 Å². The maximum Gasteiger partial charge on any atom is 0.337 e. The molecule has 0 N–H and O–H groups in total. The molecule has 2 aromatic carbocycles. The zero-order valence-electron chi connectivity index (χ0n) is 14.2. The highest BCUT2D eigenvalue weighted by molar-refractivity contribution is 5.96. The number of methoxy groups -OCH3 is 1. The monoisotopic (exact) mass is 341 g/mol. The number of esters is 1. The highest BCUT2D eigenvalue weighted by Crippen LogP contribution is 2.35. The molecule has 130 valence electrons. The number of ether oxygens (including phenoxy) is 3. The molecular weight excluding hydrogens is 322 g/mol. The summed E-state index contributed by atoms with van der Waals surface area (Å²) < 4.78 is 16.0. The van der Waals surface area contributed by atoms with Crippen molar-refractivity contribution in [3.05, 3.63) is 53.6 Å². The summed E-state index contributed by atoms with van der Waals surface area (Å²) in [7, 11) is 1.33. The summed E-state index contributed by atoms with van der Waals surface area (Å²) in [6.45, 7) is 2.71. The lowest BCUT2D eigenvalue weighted by Crippen LogP contribution is -2.32. The van der Waals surface area contributed by atoms with Crippen LogP contribution in [-0.4, -0.2) is 32.2 Å². The third-order valence-corrected chi connectivity index (χ3v) is 3.93. The Bertz CT molecular complexity index is 785. The van der Waals surface area contributed by atoms with Crippen LogP contribution in [0.5, 0.6) is 11.5 Å². The number of carbonyl (C=O) groups is 2. The van der Waals surface area contributed by atoms with Gasteiger partial charge in [-0.2, -0.15) is 0 Å². The van der Waals surface area contributed by atoms with Crippen molar-refractivity contribution in [2.24, 2.45) is 0 Å². The largest absolute Gasteiger partial charge is 0.490 e. The van der Waals surface area contributed by atoms with Gasteiger partial charge in [-0.05, 0) is 37.3 Å². The Hall–Kier alpha value is -3.02. The van der Waals surface area contributed by atoms with E-state index in [4.69, 9.17) is 14.2 Å². The van der Waals surface area contributed by atoms with Crippen LogP contribution in [0.2, 0.25) is 0 Å². The highest BCUT2D eigenvalue weighted by Gasteiger charge is 2.25. The Labute approximate surface area is 145 Å². The molecule has 0 radical (unpaired) electrons. The number of benzene rings is 2. The number of fused-ring (bicyclic) bond motifs is 1. The Morgan fingerprint density at radius 1 is 1.20 bits per heavy atom. The van der Waals surface area contributed by atoms with E-state index in [2.05, 4.69) is 0 Å². The third kappa shape index (κ3) is 3.42. The van der Waals surface area contributed by atoms with Gasteiger partial charge in [-0.1, -0.05) is 12.1 Å². The maximum absolute atomic E-state index is 12.5. The molecule has 6 nitrogen and oxygen atoms in total. The van der Waals surface area contributed by atoms with E-state index >= 15 is 0 Å². The second-order valence-electron chi connectivity index (χ2n) is 5.48. The fraction of sp³-hybridized carbons (Fsp3) is 0.263. The van der Waals surface area contributed by atoms with Crippen molar-refractivity contribution in [3.63, 3.8) is 0 Å². The standard InChI is InChI=1S/C19H19NO5/c1-3-24-16-6-4-5-14-11-20(17(21)12-25-18(14)16)15-9-7-13(8-10-15)19(22)23-2/h4-10H,3,11-12H2,1-2H3. The van der Waals surface area contributed by atoms with Crippen molar-refractivity contribution in [2.75, 3.05) is 25.2 Å². The van der Waals surface area contributed by atoms with Crippen molar-refractivity contribution in [1.82, 2.24) is 0 Å². The first-order valence-electron chi connectivity index (χ1n) is 8.00. The van der Waals surface area contributed by atoms with Crippen LogP contribution in [0.3, 0.4) is 0 Å². The first-order valence-corrected chi connectivity index (χ1v) is 8.00. The number of rotatable bonds is 4. The molecule has 0 bridgehead atoms. The molecule has 1 aliphatic heterocycles. The molecule has 0 spiro atoms. The number of hydrogen-bond acceptors (Lipinski definition) is 5. The van der Waals surface area contributed by atoms with Gasteiger partial charge in [0.15, 0.2) is 18.1 Å². The zero-order valence-corrected chi connectivity index (χ0v) is 14.2. The van der Waals surface area contributed by atoms with E-state index in [9.17, 15) is 9.59 Å². The minimum atomic E-state index is -0.413. The first-order chi connectivity index (χ1) is 12.1. The fourth-order valence-electron chi connectivity index (χ4n) is 2.72. The van der Waals surface area contributed by atoms with Crippen LogP contribution >= 0.6 is 0 Å². The molecule has 6 heteroatoms. The molecule has 1 heterocycles. The molecule has 0 unspecified atom stereocenters. The van der Waals surface area contributed by atoms with E-state index < -0.39 is 5.97 Å². The summed E-state index contributed by atoms with van der Waals surface area (Å²) in [5.74, 6) is 0.662. The SMILES string of the molecule is CCOc1cccc2c1OCC(=O)N(c1ccc(C(=O)OC)cc1)C2. The van der Waals surface area contributed by atoms with Gasteiger partial charge in [0.25, 0.3) is 5.91 Å². The van der Waals surface area contributed by atoms with Crippen molar-refractivity contribution in [1.29, 1.82) is 0 Å². The van der Waals surface area contributed by atoms with Gasteiger partial charge in [0.2, 0.25) is 0 Å². The summed E-state index contributed by atoms with van der Waals surface area (Å²) in [5, 5.41) is 0. The van der Waals surface area contributed by atoms with Crippen molar-refractivity contribution in [3.8, 4) is 11.5 Å². The van der Waals surface area contributed by atoms with Crippen LogP contribution in [0, 0.1) is 0 Å². The number of nitrogens with zero attached hydrogens (tertiary/aromatic N) is 1. The van der Waals surface area contributed by atoms with E-state index in [0.29, 0.717) is 35.9 Å². The second kappa shape index (κ2) is 7.25. The molecule has 0 saturated carbocycles. The van der Waals surface area contributed by atoms with Crippen molar-refractivity contribution >= 4 is 17.6 Å². The molecule has 0 atom stereocenters. The fourth-order valence-corrected chi connectivity index (χ4v) is 2.72. The quantitative estimate of drug-likeness (QED) is 0.800. The zero-order chi connectivity index (χ0) is 17.8. The van der Waals surface area contributed by atoms with Gasteiger partial charge in [-0.15, -0.1) is 0 Å². The topological polar surface area (TPSA) is 65.1 Å². The van der Waals surface area contributed by atoms with Gasteiger partial charge in [0.1, 0.15) is 0 Å². The molecule has 0 fully saturated rings. The lowest BCUT2D eigenvalue weighted by atomic mass is 10.1. The number of anilines is 1. The molecule has 1 aliphatic rings. The van der Waals surface area contributed by atoms with Crippen LogP contribution in [-0.2, 0) is 16.1 Å². The Morgan fingerprint density at radius 3 is 2.64 bits per heavy atom. The summed E-state index contributed by atoms with van der Waals surface area (Å²) in [6, 6.07) is 12.3. The molecular formula is C19H19NO5. The molecule has 1 amide bonds. The van der Waals surface area contributed by atoms with E-state index in [-0.39, 0.29) is 12.5 Å². The molecule has 2 aromatic rings. The van der Waals surface area contributed by atoms with Gasteiger partial charge < -0.3 is 19.1 Å². The Balaban J connectivity index is 1.91. The van der Waals surface area contributed by atoms with Crippen LogP contribution in [0.25, 0.3) is 0 Å². The van der Waals surface area contributed by atoms with E-state index in [0.717, 1.165) is 5.56 Å². The maximum atomic E-state index is 12.5. The van der Waals surface area contributed by atoms with Crippen LogP contribution in [0.1, 0.15) is 22.8 Å². The van der Waals surface area contributed by atoms with Gasteiger partial charge in [0, 0.05) is 11.3 Å². The Morgan fingerprint density at radius 2 is 1.96 bits per heavy atom. The van der Waals surface area contributed by atoms with Gasteiger partial charge in [-0.3, -0.25) is 4.79 Å². The molecule has 0 aliphatic carbocycles. The van der Waals surface area contributed by atoms with Gasteiger partial charge >= 0.3 is 5.97 Å². The summed E-state index contributed by atoms with van der Waals surface area (Å²) >= 11 is 0. The minimum absolute atomic E-state index is 0.0736. The van der Waals surface area contributed by atoms with Crippen LogP contribution in [0.15, 0.2) is 42.5 Å². The van der Waals surface area contributed by atoms with Crippen molar-refractivity contribution in [2.45, 2.75) is 13.5 Å². The summed E-state index contributed by atoms with van der Waals surface area (Å²) in [6.07, 6.45) is 0. The lowest BCUT2D eigenvalue weighted by Gasteiger charge is -2.20. The van der Waals surface area contributed by atoms with Crippen molar-refractivity contribution < 1.29 is 23.8 Å². The van der Waals surface area contributed by atoms with Gasteiger partial charge in [-0.25, -0.2) is 4.79 Å². The number of amides is 1.